The molecule has 2 aromatic rings. The number of nitrogens with zero attached hydrogens (tertiary/aromatic N) is 3. The third kappa shape index (κ3) is 2.64. The monoisotopic (exact) mass is 348 g/mol. The second kappa shape index (κ2) is 5.20. The van der Waals surface area contributed by atoms with Crippen molar-refractivity contribution in [3.05, 3.63) is 36.3 Å². The Morgan fingerprint density at radius 3 is 3.04 bits per heavy atom. The molecule has 1 N–H and O–H groups in total. The van der Waals surface area contributed by atoms with Crippen molar-refractivity contribution in [2.45, 2.75) is 13.5 Å². The number of hydrogen-bond acceptors (Lipinski definition) is 4. The SMILES string of the molecule is C[C@]12CN(C(=O)NCc3cn4ccccc4n3)C[C@H]1CS(=O)(=O)C2. The number of nitrogens with one attached hydrogen (secondary N) is 1. The number of pyridine rings is 1. The predicted octanol–water partition coefficient (Wildman–Crippen LogP) is 0.910. The van der Waals surface area contributed by atoms with Gasteiger partial charge in [0.25, 0.3) is 0 Å². The van der Waals surface area contributed by atoms with Gasteiger partial charge in [-0.15, -0.1) is 0 Å². The number of urea groups is 1. The van der Waals surface area contributed by atoms with E-state index >= 15 is 0 Å². The maximum atomic E-state index is 12.4. The van der Waals surface area contributed by atoms with Gasteiger partial charge < -0.3 is 14.6 Å². The molecule has 4 rings (SSSR count). The quantitative estimate of drug-likeness (QED) is 0.874. The average molecular weight is 348 g/mol. The van der Waals surface area contributed by atoms with Crippen molar-refractivity contribution in [1.29, 1.82) is 0 Å². The number of sulfone groups is 1. The lowest BCUT2D eigenvalue weighted by Gasteiger charge is -2.21. The van der Waals surface area contributed by atoms with Crippen molar-refractivity contribution in [1.82, 2.24) is 19.6 Å². The lowest BCUT2D eigenvalue weighted by Crippen LogP contribution is -2.40. The van der Waals surface area contributed by atoms with Gasteiger partial charge in [-0.3, -0.25) is 0 Å². The Labute approximate surface area is 140 Å². The molecule has 4 heterocycles. The lowest BCUT2D eigenvalue weighted by atomic mass is 9.84. The van der Waals surface area contributed by atoms with Gasteiger partial charge in [0, 0.05) is 30.9 Å². The Morgan fingerprint density at radius 1 is 1.46 bits per heavy atom. The van der Waals surface area contributed by atoms with E-state index in [-0.39, 0.29) is 28.9 Å². The molecule has 2 fully saturated rings. The lowest BCUT2D eigenvalue weighted by molar-refractivity contribution is 0.203. The van der Waals surface area contributed by atoms with Crippen LogP contribution in [0.1, 0.15) is 12.6 Å². The number of fused-ring (bicyclic) bond motifs is 2. The molecule has 2 amide bonds. The van der Waals surface area contributed by atoms with E-state index in [0.29, 0.717) is 19.6 Å². The highest BCUT2D eigenvalue weighted by molar-refractivity contribution is 7.91. The largest absolute Gasteiger partial charge is 0.332 e. The summed E-state index contributed by atoms with van der Waals surface area (Å²) in [6.07, 6.45) is 3.80. The molecule has 0 bridgehead atoms. The van der Waals surface area contributed by atoms with Crippen molar-refractivity contribution in [2.24, 2.45) is 11.3 Å². The van der Waals surface area contributed by atoms with Crippen LogP contribution in [0.15, 0.2) is 30.6 Å². The van der Waals surface area contributed by atoms with Gasteiger partial charge in [0.15, 0.2) is 9.84 Å². The van der Waals surface area contributed by atoms with Gasteiger partial charge in [0.05, 0.1) is 23.7 Å². The summed E-state index contributed by atoms with van der Waals surface area (Å²) in [6.45, 7) is 3.33. The van der Waals surface area contributed by atoms with E-state index in [1.807, 2.05) is 41.9 Å². The number of rotatable bonds is 2. The molecule has 2 aromatic heterocycles. The molecule has 7 nitrogen and oxygen atoms in total. The maximum Gasteiger partial charge on any atom is 0.317 e. The Hall–Kier alpha value is -2.09. The normalized spacial score (nSPS) is 28.2. The topological polar surface area (TPSA) is 83.8 Å². The van der Waals surface area contributed by atoms with Crippen molar-refractivity contribution < 1.29 is 13.2 Å². The molecule has 2 aliphatic heterocycles. The third-order valence-corrected chi connectivity index (χ3v) is 7.11. The molecule has 0 saturated carbocycles. The Bertz CT molecular complexity index is 874. The summed E-state index contributed by atoms with van der Waals surface area (Å²) in [5.74, 6) is 0.420. The van der Waals surface area contributed by atoms with Crippen molar-refractivity contribution in [3.8, 4) is 0 Å². The van der Waals surface area contributed by atoms with E-state index in [4.69, 9.17) is 0 Å². The second-order valence-corrected chi connectivity index (χ2v) is 9.25. The first-order valence-corrected chi connectivity index (χ1v) is 9.83. The van der Waals surface area contributed by atoms with Crippen LogP contribution in [0.4, 0.5) is 4.79 Å². The number of carbonyl (C=O) groups is 1. The fourth-order valence-electron chi connectivity index (χ4n) is 3.91. The van der Waals surface area contributed by atoms with E-state index in [1.165, 1.54) is 0 Å². The first-order chi connectivity index (χ1) is 11.3. The zero-order valence-electron chi connectivity index (χ0n) is 13.5. The van der Waals surface area contributed by atoms with E-state index < -0.39 is 9.84 Å². The van der Waals surface area contributed by atoms with Crippen molar-refractivity contribution in [3.63, 3.8) is 0 Å². The van der Waals surface area contributed by atoms with Gasteiger partial charge >= 0.3 is 6.03 Å². The van der Waals surface area contributed by atoms with Crippen LogP contribution in [0.3, 0.4) is 0 Å². The molecular weight excluding hydrogens is 328 g/mol. The summed E-state index contributed by atoms with van der Waals surface area (Å²) < 4.78 is 25.5. The summed E-state index contributed by atoms with van der Waals surface area (Å²) in [5.41, 5.74) is 1.33. The first-order valence-electron chi connectivity index (χ1n) is 8.00. The van der Waals surface area contributed by atoms with Gasteiger partial charge in [-0.1, -0.05) is 13.0 Å². The number of likely N-dealkylation sites (tertiary alicyclic amines) is 1. The van der Waals surface area contributed by atoms with E-state index in [9.17, 15) is 13.2 Å². The number of imidazole rings is 1. The number of carbonyl (C=O) groups excluding carboxylic acids is 1. The molecule has 2 saturated heterocycles. The molecule has 0 aromatic carbocycles. The number of amides is 2. The standard InChI is InChI=1S/C16H20N4O3S/c1-16-10-20(7-12(16)9-24(22,23)11-16)15(21)17-6-13-8-19-5-3-2-4-14(19)18-13/h2-5,8,12H,6-7,9-11H2,1H3,(H,17,21)/t12-,16+/m0/s1. The minimum absolute atomic E-state index is 0.0449. The van der Waals surface area contributed by atoms with E-state index in [1.54, 1.807) is 4.90 Å². The van der Waals surface area contributed by atoms with Crippen molar-refractivity contribution >= 4 is 21.5 Å². The average Bonchev–Trinajstić information content (AvgIpc) is 3.11. The van der Waals surface area contributed by atoms with Crippen LogP contribution in [-0.2, 0) is 16.4 Å². The Kier molecular flexibility index (Phi) is 3.35. The van der Waals surface area contributed by atoms with Crippen LogP contribution in [0, 0.1) is 11.3 Å². The third-order valence-electron chi connectivity index (χ3n) is 5.11. The van der Waals surface area contributed by atoms with Crippen LogP contribution in [-0.4, -0.2) is 53.3 Å². The van der Waals surface area contributed by atoms with Gasteiger partial charge in [0.2, 0.25) is 0 Å². The minimum Gasteiger partial charge on any atom is -0.332 e. The molecule has 128 valence electrons. The van der Waals surface area contributed by atoms with Gasteiger partial charge in [-0.05, 0) is 18.1 Å². The van der Waals surface area contributed by atoms with Crippen LogP contribution in [0.25, 0.3) is 5.65 Å². The number of hydrogen-bond donors (Lipinski definition) is 1. The minimum atomic E-state index is -2.95. The fraction of sp³-hybridized carbons (Fsp3) is 0.500. The zero-order chi connectivity index (χ0) is 16.9. The highest BCUT2D eigenvalue weighted by Crippen LogP contribution is 2.43. The summed E-state index contributed by atoms with van der Waals surface area (Å²) in [5, 5.41) is 2.89. The molecule has 8 heteroatoms. The van der Waals surface area contributed by atoms with Gasteiger partial charge in [0.1, 0.15) is 5.65 Å². The maximum absolute atomic E-state index is 12.4. The number of aromatic nitrogens is 2. The molecule has 0 unspecified atom stereocenters. The molecule has 2 aliphatic rings. The second-order valence-electron chi connectivity index (χ2n) is 7.14. The molecule has 0 radical (unpaired) electrons. The highest BCUT2D eigenvalue weighted by Gasteiger charge is 2.53. The highest BCUT2D eigenvalue weighted by atomic mass is 32.2. The Balaban J connectivity index is 1.39. The van der Waals surface area contributed by atoms with Crippen LogP contribution in [0.2, 0.25) is 0 Å². The molecule has 2 atom stereocenters. The molecule has 0 aliphatic carbocycles. The summed E-state index contributed by atoms with van der Waals surface area (Å²) in [6, 6.07) is 5.60. The van der Waals surface area contributed by atoms with E-state index in [0.717, 1.165) is 11.3 Å². The molecular formula is C16H20N4O3S. The van der Waals surface area contributed by atoms with E-state index in [2.05, 4.69) is 10.3 Å². The van der Waals surface area contributed by atoms with Crippen LogP contribution < -0.4 is 5.32 Å². The fourth-order valence-corrected chi connectivity index (χ4v) is 6.48. The van der Waals surface area contributed by atoms with Crippen LogP contribution >= 0.6 is 0 Å². The predicted molar refractivity (Wildman–Crippen MR) is 89.3 cm³/mol. The summed E-state index contributed by atoms with van der Waals surface area (Å²) in [4.78, 5) is 18.6. The summed E-state index contributed by atoms with van der Waals surface area (Å²) >= 11 is 0. The Morgan fingerprint density at radius 2 is 2.29 bits per heavy atom. The molecule has 24 heavy (non-hydrogen) atoms. The van der Waals surface area contributed by atoms with Crippen LogP contribution in [0.5, 0.6) is 0 Å². The van der Waals surface area contributed by atoms with Crippen molar-refractivity contribution in [2.75, 3.05) is 24.6 Å². The summed E-state index contributed by atoms with van der Waals surface area (Å²) in [7, 11) is -2.95. The van der Waals surface area contributed by atoms with Gasteiger partial charge in [-0.25, -0.2) is 18.2 Å². The molecule has 0 spiro atoms. The van der Waals surface area contributed by atoms with Gasteiger partial charge in [-0.2, -0.15) is 0 Å². The zero-order valence-corrected chi connectivity index (χ0v) is 14.3. The first kappa shape index (κ1) is 15.4. The smallest absolute Gasteiger partial charge is 0.317 e.